The molecule has 238 valence electrons. The standard InChI is InChI=1S/C36H70O4/c1-3-5-7-9-11-13-15-17-19-21-23-25-27-29-31-33-39-35(37)36(38)40-34-32-30-28-26-24-22-20-18-16-14-12-10-8-6-4-2/h3-34H2,1-2H3. The summed E-state index contributed by atoms with van der Waals surface area (Å²) in [5.41, 5.74) is 0. The van der Waals surface area contributed by atoms with Crippen molar-refractivity contribution in [2.24, 2.45) is 0 Å². The van der Waals surface area contributed by atoms with Gasteiger partial charge in [0.15, 0.2) is 0 Å². The molecule has 0 aliphatic carbocycles. The Balaban J connectivity index is 3.27. The van der Waals surface area contributed by atoms with Crippen molar-refractivity contribution in [3.05, 3.63) is 0 Å². The molecule has 0 aromatic rings. The van der Waals surface area contributed by atoms with Gasteiger partial charge in [0.25, 0.3) is 0 Å². The third-order valence-electron chi connectivity index (χ3n) is 8.13. The summed E-state index contributed by atoms with van der Waals surface area (Å²) in [6.45, 7) is 5.20. The van der Waals surface area contributed by atoms with Gasteiger partial charge >= 0.3 is 11.9 Å². The maximum Gasteiger partial charge on any atom is 0.417 e. The van der Waals surface area contributed by atoms with Crippen LogP contribution in [0.4, 0.5) is 0 Å². The maximum absolute atomic E-state index is 11.8. The minimum atomic E-state index is -0.827. The SMILES string of the molecule is CCCCCCCCCCCCCCCCCOC(=O)C(=O)OCCCCCCCCCCCCCCCCC. The molecule has 0 saturated carbocycles. The predicted octanol–water partition coefficient (Wildman–Crippen LogP) is 11.8. The second-order valence-electron chi connectivity index (χ2n) is 12.2. The number of hydrogen-bond donors (Lipinski definition) is 0. The second kappa shape index (κ2) is 34.1. The van der Waals surface area contributed by atoms with E-state index >= 15 is 0 Å². The van der Waals surface area contributed by atoms with E-state index in [9.17, 15) is 9.59 Å². The van der Waals surface area contributed by atoms with Gasteiger partial charge < -0.3 is 9.47 Å². The molecule has 0 amide bonds. The van der Waals surface area contributed by atoms with Gasteiger partial charge in [0.05, 0.1) is 13.2 Å². The second-order valence-corrected chi connectivity index (χ2v) is 12.2. The molecular formula is C36H70O4. The van der Waals surface area contributed by atoms with E-state index in [2.05, 4.69) is 13.8 Å². The minimum Gasteiger partial charge on any atom is -0.457 e. The van der Waals surface area contributed by atoms with Crippen LogP contribution in [0.3, 0.4) is 0 Å². The highest BCUT2D eigenvalue weighted by Gasteiger charge is 2.16. The van der Waals surface area contributed by atoms with E-state index in [0.29, 0.717) is 13.2 Å². The normalized spacial score (nSPS) is 11.2. The van der Waals surface area contributed by atoms with E-state index in [1.807, 2.05) is 0 Å². The van der Waals surface area contributed by atoms with Crippen LogP contribution >= 0.6 is 0 Å². The third-order valence-corrected chi connectivity index (χ3v) is 8.13. The molecular weight excluding hydrogens is 496 g/mol. The van der Waals surface area contributed by atoms with Crippen molar-refractivity contribution in [2.75, 3.05) is 13.2 Å². The van der Waals surface area contributed by atoms with Crippen LogP contribution in [0.2, 0.25) is 0 Å². The first-order valence-corrected chi connectivity index (χ1v) is 18.1. The number of rotatable bonds is 32. The summed E-state index contributed by atoms with van der Waals surface area (Å²) in [7, 11) is 0. The zero-order valence-electron chi connectivity index (χ0n) is 27.3. The number of esters is 2. The molecule has 0 unspecified atom stereocenters. The Hall–Kier alpha value is -1.06. The Labute approximate surface area is 250 Å². The van der Waals surface area contributed by atoms with Crippen molar-refractivity contribution >= 4 is 11.9 Å². The Morgan fingerprint density at radius 1 is 0.300 bits per heavy atom. The molecule has 0 aromatic heterocycles. The molecule has 0 N–H and O–H groups in total. The summed E-state index contributed by atoms with van der Waals surface area (Å²) in [6.07, 6.45) is 39.1. The van der Waals surface area contributed by atoms with Crippen LogP contribution in [-0.2, 0) is 19.1 Å². The van der Waals surface area contributed by atoms with Gasteiger partial charge in [-0.3, -0.25) is 0 Å². The molecule has 4 nitrogen and oxygen atoms in total. The molecule has 0 aromatic carbocycles. The summed E-state index contributed by atoms with van der Waals surface area (Å²) >= 11 is 0. The highest BCUT2D eigenvalue weighted by Crippen LogP contribution is 2.15. The fourth-order valence-electron chi connectivity index (χ4n) is 5.39. The van der Waals surface area contributed by atoms with Gasteiger partial charge in [0.1, 0.15) is 0 Å². The molecule has 0 rings (SSSR count). The van der Waals surface area contributed by atoms with Gasteiger partial charge in [0, 0.05) is 0 Å². The lowest BCUT2D eigenvalue weighted by Gasteiger charge is -2.06. The number of unbranched alkanes of at least 4 members (excludes halogenated alkanes) is 28. The molecule has 0 bridgehead atoms. The molecule has 0 aliphatic heterocycles. The molecule has 40 heavy (non-hydrogen) atoms. The van der Waals surface area contributed by atoms with Crippen molar-refractivity contribution < 1.29 is 19.1 Å². The molecule has 4 heteroatoms. The Kier molecular flexibility index (Phi) is 33.2. The maximum atomic E-state index is 11.8. The molecule has 0 saturated heterocycles. The molecule has 0 aliphatic rings. The Morgan fingerprint density at radius 2 is 0.475 bits per heavy atom. The summed E-state index contributed by atoms with van der Waals surface area (Å²) in [5.74, 6) is -1.65. The molecule has 0 atom stereocenters. The summed E-state index contributed by atoms with van der Waals surface area (Å²) < 4.78 is 10.2. The third kappa shape index (κ3) is 31.5. The smallest absolute Gasteiger partial charge is 0.417 e. The largest absolute Gasteiger partial charge is 0.457 e. The zero-order chi connectivity index (χ0) is 29.2. The van der Waals surface area contributed by atoms with E-state index in [0.717, 1.165) is 25.7 Å². The molecule has 0 heterocycles. The number of ether oxygens (including phenoxy) is 2. The lowest BCUT2D eigenvalue weighted by molar-refractivity contribution is -0.167. The fraction of sp³-hybridized carbons (Fsp3) is 0.944. The predicted molar refractivity (Wildman–Crippen MR) is 172 cm³/mol. The van der Waals surface area contributed by atoms with Gasteiger partial charge in [0.2, 0.25) is 0 Å². The summed E-state index contributed by atoms with van der Waals surface area (Å²) in [4.78, 5) is 23.6. The topological polar surface area (TPSA) is 52.6 Å². The van der Waals surface area contributed by atoms with Crippen molar-refractivity contribution in [1.29, 1.82) is 0 Å². The van der Waals surface area contributed by atoms with Gasteiger partial charge in [-0.2, -0.15) is 0 Å². The number of hydrogen-bond acceptors (Lipinski definition) is 4. The molecule has 0 fully saturated rings. The number of carbonyl (C=O) groups is 2. The van der Waals surface area contributed by atoms with Crippen LogP contribution in [0.5, 0.6) is 0 Å². The van der Waals surface area contributed by atoms with Crippen molar-refractivity contribution in [3.8, 4) is 0 Å². The van der Waals surface area contributed by atoms with Crippen LogP contribution in [-0.4, -0.2) is 25.2 Å². The van der Waals surface area contributed by atoms with Gasteiger partial charge in [-0.05, 0) is 12.8 Å². The van der Waals surface area contributed by atoms with E-state index < -0.39 is 11.9 Å². The fourth-order valence-corrected chi connectivity index (χ4v) is 5.39. The minimum absolute atomic E-state index is 0.325. The quantitative estimate of drug-likeness (QED) is 0.0461. The van der Waals surface area contributed by atoms with E-state index in [1.54, 1.807) is 0 Å². The molecule has 0 radical (unpaired) electrons. The highest BCUT2D eigenvalue weighted by atomic mass is 16.6. The van der Waals surface area contributed by atoms with Crippen molar-refractivity contribution in [2.45, 2.75) is 206 Å². The van der Waals surface area contributed by atoms with Crippen LogP contribution in [0, 0.1) is 0 Å². The van der Waals surface area contributed by atoms with Gasteiger partial charge in [-0.25, -0.2) is 9.59 Å². The van der Waals surface area contributed by atoms with Crippen LogP contribution < -0.4 is 0 Å². The first kappa shape index (κ1) is 38.9. The van der Waals surface area contributed by atoms with Crippen molar-refractivity contribution in [3.63, 3.8) is 0 Å². The van der Waals surface area contributed by atoms with E-state index in [4.69, 9.17) is 9.47 Å². The Morgan fingerprint density at radius 3 is 0.675 bits per heavy atom. The Bertz CT molecular complexity index is 473. The van der Waals surface area contributed by atoms with Crippen LogP contribution in [0.25, 0.3) is 0 Å². The van der Waals surface area contributed by atoms with Crippen LogP contribution in [0.15, 0.2) is 0 Å². The molecule has 0 spiro atoms. The number of carbonyl (C=O) groups excluding carboxylic acids is 2. The zero-order valence-corrected chi connectivity index (χ0v) is 27.3. The summed E-state index contributed by atoms with van der Waals surface area (Å²) in [5, 5.41) is 0. The summed E-state index contributed by atoms with van der Waals surface area (Å²) in [6, 6.07) is 0. The average Bonchev–Trinajstić information content (AvgIpc) is 2.96. The van der Waals surface area contributed by atoms with Crippen LogP contribution in [0.1, 0.15) is 206 Å². The lowest BCUT2D eigenvalue weighted by atomic mass is 10.0. The average molecular weight is 567 g/mol. The lowest BCUT2D eigenvalue weighted by Crippen LogP contribution is -2.21. The van der Waals surface area contributed by atoms with E-state index in [-0.39, 0.29) is 0 Å². The first-order valence-electron chi connectivity index (χ1n) is 18.1. The van der Waals surface area contributed by atoms with Crippen molar-refractivity contribution in [1.82, 2.24) is 0 Å². The van der Waals surface area contributed by atoms with Gasteiger partial charge in [-0.15, -0.1) is 0 Å². The monoisotopic (exact) mass is 567 g/mol. The first-order chi connectivity index (χ1) is 19.7. The van der Waals surface area contributed by atoms with Gasteiger partial charge in [-0.1, -0.05) is 194 Å². The highest BCUT2D eigenvalue weighted by molar-refractivity contribution is 6.29. The van der Waals surface area contributed by atoms with E-state index in [1.165, 1.54) is 167 Å².